The molecule has 4 rings (SSSR count). The van der Waals surface area contributed by atoms with Crippen molar-refractivity contribution in [2.75, 3.05) is 0 Å². The van der Waals surface area contributed by atoms with Crippen LogP contribution >= 0.6 is 11.8 Å². The zero-order valence-corrected chi connectivity index (χ0v) is 19.6. The van der Waals surface area contributed by atoms with Gasteiger partial charge in [-0.25, -0.2) is 0 Å². The Balaban J connectivity index is 1.76. The van der Waals surface area contributed by atoms with E-state index >= 15 is 0 Å². The third kappa shape index (κ3) is 4.46. The van der Waals surface area contributed by atoms with Crippen molar-refractivity contribution in [2.45, 2.75) is 44.0 Å². The van der Waals surface area contributed by atoms with Crippen LogP contribution in [0.15, 0.2) is 78.0 Å². The Morgan fingerprint density at radius 3 is 2.28 bits per heavy atom. The molecule has 1 aromatic heterocycles. The third-order valence-electron chi connectivity index (χ3n) is 5.49. The van der Waals surface area contributed by atoms with Gasteiger partial charge in [0.2, 0.25) is 0 Å². The Morgan fingerprint density at radius 1 is 0.906 bits per heavy atom. The zero-order chi connectivity index (χ0) is 22.7. The van der Waals surface area contributed by atoms with Gasteiger partial charge in [-0.15, -0.1) is 10.2 Å². The number of nitrogens with zero attached hydrogens (tertiary/aromatic N) is 4. The van der Waals surface area contributed by atoms with Crippen LogP contribution < -0.4 is 0 Å². The average Bonchev–Trinajstić information content (AvgIpc) is 3.21. The Kier molecular flexibility index (Phi) is 6.16. The first-order chi connectivity index (χ1) is 15.4. The average molecular weight is 439 g/mol. The van der Waals surface area contributed by atoms with Crippen molar-refractivity contribution >= 4 is 11.8 Å². The Bertz CT molecular complexity index is 1270. The molecule has 0 saturated heterocycles. The van der Waals surface area contributed by atoms with Crippen LogP contribution in [0.25, 0.3) is 17.1 Å². The molecule has 0 aliphatic heterocycles. The number of hydrogen-bond acceptors (Lipinski definition) is 4. The maximum Gasteiger partial charge on any atom is 0.196 e. The topological polar surface area (TPSA) is 54.5 Å². The SMILES string of the molecule is Cc1ccccc1-n1c(SCc2ccccc2C#N)nnc1-c1ccc(C(C)(C)C)cc1. The van der Waals surface area contributed by atoms with Crippen LogP contribution in [-0.2, 0) is 11.2 Å². The molecule has 0 aliphatic rings. The number of aromatic nitrogens is 3. The summed E-state index contributed by atoms with van der Waals surface area (Å²) in [5.41, 5.74) is 6.30. The van der Waals surface area contributed by atoms with Crippen molar-refractivity contribution in [3.05, 3.63) is 95.1 Å². The number of thioether (sulfide) groups is 1. The fraction of sp³-hybridized carbons (Fsp3) is 0.222. The zero-order valence-electron chi connectivity index (χ0n) is 18.8. The molecule has 0 saturated carbocycles. The highest BCUT2D eigenvalue weighted by Gasteiger charge is 2.19. The van der Waals surface area contributed by atoms with Crippen molar-refractivity contribution in [1.29, 1.82) is 5.26 Å². The van der Waals surface area contributed by atoms with E-state index < -0.39 is 0 Å². The molecule has 0 spiro atoms. The molecule has 0 aliphatic carbocycles. The summed E-state index contributed by atoms with van der Waals surface area (Å²) >= 11 is 1.59. The van der Waals surface area contributed by atoms with Crippen molar-refractivity contribution in [3.8, 4) is 23.1 Å². The van der Waals surface area contributed by atoms with Gasteiger partial charge in [0.1, 0.15) is 0 Å². The molecule has 32 heavy (non-hydrogen) atoms. The van der Waals surface area contributed by atoms with E-state index in [2.05, 4.69) is 84.9 Å². The summed E-state index contributed by atoms with van der Waals surface area (Å²) in [5, 5.41) is 19.4. The molecule has 160 valence electrons. The lowest BCUT2D eigenvalue weighted by Gasteiger charge is -2.19. The van der Waals surface area contributed by atoms with Crippen LogP contribution in [0.4, 0.5) is 0 Å². The van der Waals surface area contributed by atoms with Crippen LogP contribution in [0.5, 0.6) is 0 Å². The van der Waals surface area contributed by atoms with Crippen molar-refractivity contribution in [2.24, 2.45) is 0 Å². The van der Waals surface area contributed by atoms with Crippen molar-refractivity contribution < 1.29 is 0 Å². The van der Waals surface area contributed by atoms with Gasteiger partial charge in [0, 0.05) is 11.3 Å². The van der Waals surface area contributed by atoms with Crippen LogP contribution in [-0.4, -0.2) is 14.8 Å². The smallest absolute Gasteiger partial charge is 0.196 e. The first-order valence-electron chi connectivity index (χ1n) is 10.6. The molecular formula is C27H26N4S. The molecule has 0 fully saturated rings. The van der Waals surface area contributed by atoms with Gasteiger partial charge in [0.15, 0.2) is 11.0 Å². The highest BCUT2D eigenvalue weighted by atomic mass is 32.2. The van der Waals surface area contributed by atoms with Gasteiger partial charge in [-0.2, -0.15) is 5.26 Å². The molecule has 0 unspecified atom stereocenters. The number of nitriles is 1. The van der Waals surface area contributed by atoms with E-state index in [4.69, 9.17) is 0 Å². The molecule has 1 heterocycles. The minimum Gasteiger partial charge on any atom is -0.270 e. The summed E-state index contributed by atoms with van der Waals surface area (Å²) in [5.74, 6) is 1.47. The number of para-hydroxylation sites is 1. The van der Waals surface area contributed by atoms with E-state index in [1.54, 1.807) is 11.8 Å². The lowest BCUT2D eigenvalue weighted by atomic mass is 9.87. The Labute approximate surface area is 193 Å². The van der Waals surface area contributed by atoms with E-state index in [0.717, 1.165) is 33.4 Å². The van der Waals surface area contributed by atoms with Crippen LogP contribution in [0, 0.1) is 18.3 Å². The third-order valence-corrected chi connectivity index (χ3v) is 6.47. The molecule has 0 atom stereocenters. The van der Waals surface area contributed by atoms with Crippen LogP contribution in [0.1, 0.15) is 43.0 Å². The normalized spacial score (nSPS) is 11.3. The number of hydrogen-bond donors (Lipinski definition) is 0. The summed E-state index contributed by atoms with van der Waals surface area (Å²) in [7, 11) is 0. The van der Waals surface area contributed by atoms with E-state index in [1.807, 2.05) is 36.4 Å². The maximum absolute atomic E-state index is 9.42. The second-order valence-corrected chi connectivity index (χ2v) is 9.76. The minimum absolute atomic E-state index is 0.0946. The largest absolute Gasteiger partial charge is 0.270 e. The fourth-order valence-electron chi connectivity index (χ4n) is 3.60. The van der Waals surface area contributed by atoms with Gasteiger partial charge < -0.3 is 0 Å². The molecule has 4 aromatic rings. The molecule has 5 heteroatoms. The van der Waals surface area contributed by atoms with Gasteiger partial charge in [0.25, 0.3) is 0 Å². The summed E-state index contributed by atoms with van der Waals surface area (Å²) < 4.78 is 2.13. The summed E-state index contributed by atoms with van der Waals surface area (Å²) in [6.07, 6.45) is 0. The van der Waals surface area contributed by atoms with Crippen molar-refractivity contribution in [1.82, 2.24) is 14.8 Å². The highest BCUT2D eigenvalue weighted by molar-refractivity contribution is 7.98. The second kappa shape index (κ2) is 9.02. The monoisotopic (exact) mass is 438 g/mol. The fourth-order valence-corrected chi connectivity index (χ4v) is 4.55. The van der Waals surface area contributed by atoms with Gasteiger partial charge in [-0.1, -0.05) is 93.2 Å². The van der Waals surface area contributed by atoms with Gasteiger partial charge in [-0.3, -0.25) is 4.57 Å². The molecule has 0 amide bonds. The maximum atomic E-state index is 9.42. The molecule has 0 bridgehead atoms. The first-order valence-corrected chi connectivity index (χ1v) is 11.6. The second-order valence-electron chi connectivity index (χ2n) is 8.81. The quantitative estimate of drug-likeness (QED) is 0.325. The standard InChI is InChI=1S/C27H26N4S/c1-19-9-5-8-12-24(19)31-25(20-13-15-23(16-14-20)27(2,3)4)29-30-26(31)32-18-22-11-7-6-10-21(22)17-28/h5-16H,18H2,1-4H3. The van der Waals surface area contributed by atoms with E-state index in [0.29, 0.717) is 11.3 Å². The Hall–Kier alpha value is -3.36. The minimum atomic E-state index is 0.0946. The van der Waals surface area contributed by atoms with Gasteiger partial charge in [0.05, 0.1) is 17.3 Å². The van der Waals surface area contributed by atoms with Gasteiger partial charge >= 0.3 is 0 Å². The molecular weight excluding hydrogens is 412 g/mol. The Morgan fingerprint density at radius 2 is 1.59 bits per heavy atom. The molecule has 3 aromatic carbocycles. The number of benzene rings is 3. The predicted octanol–water partition coefficient (Wildman–Crippen LogP) is 6.70. The summed E-state index contributed by atoms with van der Waals surface area (Å²) in [6.45, 7) is 8.74. The van der Waals surface area contributed by atoms with Crippen molar-refractivity contribution in [3.63, 3.8) is 0 Å². The lowest BCUT2D eigenvalue weighted by Crippen LogP contribution is -2.10. The molecule has 0 N–H and O–H groups in total. The van der Waals surface area contributed by atoms with Crippen LogP contribution in [0.2, 0.25) is 0 Å². The van der Waals surface area contributed by atoms with Crippen LogP contribution in [0.3, 0.4) is 0 Å². The van der Waals surface area contributed by atoms with E-state index in [9.17, 15) is 5.26 Å². The highest BCUT2D eigenvalue weighted by Crippen LogP contribution is 2.32. The molecule has 0 radical (unpaired) electrons. The first kappa shape index (κ1) is 21.9. The lowest BCUT2D eigenvalue weighted by molar-refractivity contribution is 0.590. The van der Waals surface area contributed by atoms with E-state index in [-0.39, 0.29) is 5.41 Å². The van der Waals surface area contributed by atoms with Gasteiger partial charge in [-0.05, 0) is 41.2 Å². The predicted molar refractivity (Wildman–Crippen MR) is 131 cm³/mol. The number of rotatable bonds is 5. The van der Waals surface area contributed by atoms with E-state index in [1.165, 1.54) is 5.56 Å². The summed E-state index contributed by atoms with van der Waals surface area (Å²) in [6, 6.07) is 26.8. The number of aryl methyl sites for hydroxylation is 1. The molecule has 4 nitrogen and oxygen atoms in total. The summed E-state index contributed by atoms with van der Waals surface area (Å²) in [4.78, 5) is 0.